The number of piperazine rings is 1. The summed E-state index contributed by atoms with van der Waals surface area (Å²) in [6, 6.07) is 10.7. The van der Waals surface area contributed by atoms with Crippen molar-refractivity contribution in [1.82, 2.24) is 9.80 Å². The summed E-state index contributed by atoms with van der Waals surface area (Å²) in [5.41, 5.74) is 7.24. The van der Waals surface area contributed by atoms with Crippen LogP contribution in [-0.2, 0) is 0 Å². The van der Waals surface area contributed by atoms with Crippen LogP contribution in [0.1, 0.15) is 18.7 Å². The molecule has 1 aromatic heterocycles. The Bertz CT molecular complexity index is 547. The van der Waals surface area contributed by atoms with E-state index in [0.717, 1.165) is 42.9 Å². The monoisotopic (exact) mass is 273 g/mol. The smallest absolute Gasteiger partial charge is 0.134 e. The lowest BCUT2D eigenvalue weighted by molar-refractivity contribution is 0.0987. The minimum absolute atomic E-state index is 0.0574. The summed E-state index contributed by atoms with van der Waals surface area (Å²) in [5, 5.41) is 1.13. The average Bonchev–Trinajstić information content (AvgIpc) is 2.87. The van der Waals surface area contributed by atoms with E-state index >= 15 is 0 Å². The summed E-state index contributed by atoms with van der Waals surface area (Å²) in [7, 11) is 2.18. The highest BCUT2D eigenvalue weighted by Gasteiger charge is 2.23. The Hall–Kier alpha value is -1.36. The molecule has 0 amide bonds. The van der Waals surface area contributed by atoms with Gasteiger partial charge in [0.25, 0.3) is 0 Å². The molecule has 0 spiro atoms. The highest BCUT2D eigenvalue weighted by molar-refractivity contribution is 5.77. The zero-order valence-electron chi connectivity index (χ0n) is 12.2. The molecule has 2 N–H and O–H groups in total. The van der Waals surface area contributed by atoms with E-state index in [0.29, 0.717) is 6.04 Å². The second-order valence-corrected chi connectivity index (χ2v) is 5.88. The van der Waals surface area contributed by atoms with Gasteiger partial charge < -0.3 is 15.1 Å². The number of likely N-dealkylation sites (N-methyl/N-ethyl adjacent to an activating group) is 1. The van der Waals surface area contributed by atoms with Crippen LogP contribution in [0, 0.1) is 0 Å². The third kappa shape index (κ3) is 2.73. The molecule has 1 fully saturated rings. The Labute approximate surface area is 120 Å². The average molecular weight is 273 g/mol. The summed E-state index contributed by atoms with van der Waals surface area (Å²) in [6.45, 7) is 6.38. The van der Waals surface area contributed by atoms with Crippen LogP contribution in [0.5, 0.6) is 0 Å². The molecule has 20 heavy (non-hydrogen) atoms. The number of benzene rings is 1. The first-order chi connectivity index (χ1) is 9.63. The molecule has 0 radical (unpaired) electrons. The Kier molecular flexibility index (Phi) is 3.78. The normalized spacial score (nSPS) is 23.2. The van der Waals surface area contributed by atoms with E-state index in [1.165, 1.54) is 0 Å². The molecule has 0 aliphatic carbocycles. The highest BCUT2D eigenvalue weighted by Crippen LogP contribution is 2.23. The number of para-hydroxylation sites is 1. The molecule has 0 bridgehead atoms. The van der Waals surface area contributed by atoms with Gasteiger partial charge in [0.15, 0.2) is 0 Å². The van der Waals surface area contributed by atoms with Crippen LogP contribution in [0.3, 0.4) is 0 Å². The standard InChI is InChI=1S/C16H23N3O/c1-12-10-19(8-7-18(12)2)11-14(17)16-9-13-5-3-4-6-15(13)20-16/h3-6,9,12,14H,7-8,10-11,17H2,1-2H3. The van der Waals surface area contributed by atoms with E-state index in [4.69, 9.17) is 10.2 Å². The fourth-order valence-corrected chi connectivity index (χ4v) is 2.84. The molecule has 4 heteroatoms. The van der Waals surface area contributed by atoms with E-state index in [2.05, 4.69) is 35.9 Å². The van der Waals surface area contributed by atoms with Gasteiger partial charge in [-0.15, -0.1) is 0 Å². The van der Waals surface area contributed by atoms with Gasteiger partial charge in [0.05, 0.1) is 6.04 Å². The number of furan rings is 1. The van der Waals surface area contributed by atoms with Gasteiger partial charge in [-0.2, -0.15) is 0 Å². The van der Waals surface area contributed by atoms with E-state index in [-0.39, 0.29) is 6.04 Å². The summed E-state index contributed by atoms with van der Waals surface area (Å²) >= 11 is 0. The van der Waals surface area contributed by atoms with Crippen LogP contribution in [-0.4, -0.2) is 49.1 Å². The number of hydrogen-bond donors (Lipinski definition) is 1. The third-order valence-electron chi connectivity index (χ3n) is 4.31. The second-order valence-electron chi connectivity index (χ2n) is 5.88. The van der Waals surface area contributed by atoms with Crippen LogP contribution in [0.25, 0.3) is 11.0 Å². The molecule has 2 aromatic rings. The van der Waals surface area contributed by atoms with E-state index in [1.807, 2.05) is 18.2 Å². The molecule has 108 valence electrons. The summed E-state index contributed by atoms with van der Waals surface area (Å²) in [5.74, 6) is 0.887. The summed E-state index contributed by atoms with van der Waals surface area (Å²) in [6.07, 6.45) is 0. The SMILES string of the molecule is CC1CN(CC(N)c2cc3ccccc3o2)CCN1C. The van der Waals surface area contributed by atoms with E-state index in [1.54, 1.807) is 0 Å². The van der Waals surface area contributed by atoms with E-state index in [9.17, 15) is 0 Å². The molecule has 3 rings (SSSR count). The zero-order valence-corrected chi connectivity index (χ0v) is 12.2. The fraction of sp³-hybridized carbons (Fsp3) is 0.500. The number of fused-ring (bicyclic) bond motifs is 1. The molecule has 2 atom stereocenters. The third-order valence-corrected chi connectivity index (χ3v) is 4.31. The molecule has 1 aliphatic heterocycles. The van der Waals surface area contributed by atoms with Gasteiger partial charge in [-0.05, 0) is 26.1 Å². The van der Waals surface area contributed by atoms with Crippen LogP contribution < -0.4 is 5.73 Å². The molecule has 2 heterocycles. The van der Waals surface area contributed by atoms with Crippen molar-refractivity contribution in [3.8, 4) is 0 Å². The largest absolute Gasteiger partial charge is 0.459 e. The predicted octanol–water partition coefficient (Wildman–Crippen LogP) is 2.07. The van der Waals surface area contributed by atoms with Crippen molar-refractivity contribution in [2.75, 3.05) is 33.2 Å². The molecular weight excluding hydrogens is 250 g/mol. The lowest BCUT2D eigenvalue weighted by atomic mass is 10.1. The van der Waals surface area contributed by atoms with Gasteiger partial charge in [-0.25, -0.2) is 0 Å². The lowest BCUT2D eigenvalue weighted by Gasteiger charge is -2.38. The summed E-state index contributed by atoms with van der Waals surface area (Å²) < 4.78 is 5.86. The molecule has 1 saturated heterocycles. The Balaban J connectivity index is 1.68. The van der Waals surface area contributed by atoms with Gasteiger partial charge in [-0.3, -0.25) is 4.90 Å². The first kappa shape index (κ1) is 13.6. The van der Waals surface area contributed by atoms with Gasteiger partial charge in [0.2, 0.25) is 0 Å². The van der Waals surface area contributed by atoms with Crippen molar-refractivity contribution >= 4 is 11.0 Å². The minimum Gasteiger partial charge on any atom is -0.459 e. The van der Waals surface area contributed by atoms with Crippen molar-refractivity contribution in [1.29, 1.82) is 0 Å². The molecule has 2 unspecified atom stereocenters. The van der Waals surface area contributed by atoms with Crippen LogP contribution in [0.2, 0.25) is 0 Å². The topological polar surface area (TPSA) is 45.6 Å². The highest BCUT2D eigenvalue weighted by atomic mass is 16.3. The van der Waals surface area contributed by atoms with E-state index < -0.39 is 0 Å². The minimum atomic E-state index is -0.0574. The van der Waals surface area contributed by atoms with Crippen molar-refractivity contribution in [2.24, 2.45) is 5.73 Å². The quantitative estimate of drug-likeness (QED) is 0.930. The molecular formula is C16H23N3O. The van der Waals surface area contributed by atoms with Gasteiger partial charge in [-0.1, -0.05) is 18.2 Å². The Morgan fingerprint density at radius 2 is 2.15 bits per heavy atom. The van der Waals surface area contributed by atoms with Crippen molar-refractivity contribution in [3.63, 3.8) is 0 Å². The maximum absolute atomic E-state index is 6.32. The Morgan fingerprint density at radius 1 is 1.35 bits per heavy atom. The van der Waals surface area contributed by atoms with Crippen molar-refractivity contribution in [2.45, 2.75) is 19.0 Å². The maximum atomic E-state index is 6.32. The number of rotatable bonds is 3. The van der Waals surface area contributed by atoms with Crippen molar-refractivity contribution < 1.29 is 4.42 Å². The molecule has 4 nitrogen and oxygen atoms in total. The Morgan fingerprint density at radius 3 is 2.90 bits per heavy atom. The van der Waals surface area contributed by atoms with Crippen molar-refractivity contribution in [3.05, 3.63) is 36.1 Å². The van der Waals surface area contributed by atoms with Gasteiger partial charge in [0.1, 0.15) is 11.3 Å². The second kappa shape index (κ2) is 5.56. The summed E-state index contributed by atoms with van der Waals surface area (Å²) in [4.78, 5) is 4.83. The number of nitrogens with two attached hydrogens (primary N) is 1. The van der Waals surface area contributed by atoms with Gasteiger partial charge >= 0.3 is 0 Å². The van der Waals surface area contributed by atoms with Crippen LogP contribution in [0.4, 0.5) is 0 Å². The number of nitrogens with zero attached hydrogens (tertiary/aromatic N) is 2. The maximum Gasteiger partial charge on any atom is 0.134 e. The predicted molar refractivity (Wildman–Crippen MR) is 81.7 cm³/mol. The number of hydrogen-bond acceptors (Lipinski definition) is 4. The zero-order chi connectivity index (χ0) is 14.1. The fourth-order valence-electron chi connectivity index (χ4n) is 2.84. The lowest BCUT2D eigenvalue weighted by Crippen LogP contribution is -2.51. The van der Waals surface area contributed by atoms with Crippen LogP contribution >= 0.6 is 0 Å². The van der Waals surface area contributed by atoms with Crippen LogP contribution in [0.15, 0.2) is 34.7 Å². The molecule has 1 aromatic carbocycles. The van der Waals surface area contributed by atoms with Gasteiger partial charge in [0, 0.05) is 37.6 Å². The first-order valence-electron chi connectivity index (χ1n) is 7.30. The first-order valence-corrected chi connectivity index (χ1v) is 7.30. The molecule has 1 aliphatic rings. The molecule has 0 saturated carbocycles.